The van der Waals surface area contributed by atoms with E-state index in [9.17, 15) is 9.90 Å². The molecule has 0 aliphatic carbocycles. The maximum atomic E-state index is 12.4. The van der Waals surface area contributed by atoms with Crippen molar-refractivity contribution >= 4 is 5.91 Å². The van der Waals surface area contributed by atoms with Crippen molar-refractivity contribution in [3.05, 3.63) is 0 Å². The van der Waals surface area contributed by atoms with Crippen LogP contribution in [0.2, 0.25) is 0 Å². The number of nitrogens with two attached hydrogens (primary N) is 1. The van der Waals surface area contributed by atoms with Crippen molar-refractivity contribution in [1.82, 2.24) is 4.90 Å². The Morgan fingerprint density at radius 1 is 1.47 bits per heavy atom. The highest BCUT2D eigenvalue weighted by atomic mass is 16.3. The van der Waals surface area contributed by atoms with Gasteiger partial charge < -0.3 is 15.7 Å². The summed E-state index contributed by atoms with van der Waals surface area (Å²) in [5, 5.41) is 9.39. The zero-order valence-electron chi connectivity index (χ0n) is 10.9. The SMILES string of the molecule is CCCC(CN)C(=O)N1CCCCCC1CO. The number of aliphatic hydroxyl groups excluding tert-OH is 1. The topological polar surface area (TPSA) is 66.6 Å². The van der Waals surface area contributed by atoms with Crippen molar-refractivity contribution in [2.24, 2.45) is 11.7 Å². The van der Waals surface area contributed by atoms with Gasteiger partial charge in [0.05, 0.1) is 18.6 Å². The van der Waals surface area contributed by atoms with Crippen LogP contribution in [0.5, 0.6) is 0 Å². The minimum atomic E-state index is -0.0628. The zero-order chi connectivity index (χ0) is 12.7. The van der Waals surface area contributed by atoms with E-state index >= 15 is 0 Å². The second-order valence-corrected chi connectivity index (χ2v) is 4.94. The summed E-state index contributed by atoms with van der Waals surface area (Å²) in [7, 11) is 0. The van der Waals surface area contributed by atoms with Gasteiger partial charge in [-0.25, -0.2) is 0 Å². The lowest BCUT2D eigenvalue weighted by atomic mass is 10.0. The molecule has 0 bridgehead atoms. The standard InChI is InChI=1S/C13H26N2O2/c1-2-6-11(9-14)13(17)15-8-5-3-4-7-12(15)10-16/h11-12,16H,2-10,14H2,1H3. The van der Waals surface area contributed by atoms with Gasteiger partial charge in [-0.2, -0.15) is 0 Å². The van der Waals surface area contributed by atoms with Gasteiger partial charge in [-0.15, -0.1) is 0 Å². The molecule has 4 heteroatoms. The molecule has 17 heavy (non-hydrogen) atoms. The van der Waals surface area contributed by atoms with Crippen LogP contribution >= 0.6 is 0 Å². The van der Waals surface area contributed by atoms with Crippen LogP contribution in [-0.4, -0.2) is 41.7 Å². The van der Waals surface area contributed by atoms with Crippen LogP contribution in [0.1, 0.15) is 45.4 Å². The summed E-state index contributed by atoms with van der Waals surface area (Å²) in [6.45, 7) is 3.35. The van der Waals surface area contributed by atoms with Gasteiger partial charge in [0.1, 0.15) is 0 Å². The predicted molar refractivity (Wildman–Crippen MR) is 68.5 cm³/mol. The molecular formula is C13H26N2O2. The molecule has 3 N–H and O–H groups in total. The molecule has 1 aliphatic rings. The second-order valence-electron chi connectivity index (χ2n) is 4.94. The van der Waals surface area contributed by atoms with E-state index < -0.39 is 0 Å². The molecule has 1 saturated heterocycles. The molecule has 2 unspecified atom stereocenters. The molecule has 0 aromatic heterocycles. The smallest absolute Gasteiger partial charge is 0.227 e. The molecule has 1 rings (SSSR count). The number of likely N-dealkylation sites (tertiary alicyclic amines) is 1. The van der Waals surface area contributed by atoms with E-state index in [0.29, 0.717) is 6.54 Å². The molecule has 100 valence electrons. The highest BCUT2D eigenvalue weighted by Gasteiger charge is 2.28. The van der Waals surface area contributed by atoms with Gasteiger partial charge in [0.15, 0.2) is 0 Å². The van der Waals surface area contributed by atoms with Crippen LogP contribution in [-0.2, 0) is 4.79 Å². The van der Waals surface area contributed by atoms with Crippen molar-refractivity contribution in [3.63, 3.8) is 0 Å². The van der Waals surface area contributed by atoms with Gasteiger partial charge >= 0.3 is 0 Å². The fourth-order valence-corrected chi connectivity index (χ4v) is 2.58. The lowest BCUT2D eigenvalue weighted by Crippen LogP contribution is -2.46. The number of carbonyl (C=O) groups excluding carboxylic acids is 1. The maximum Gasteiger partial charge on any atom is 0.227 e. The fourth-order valence-electron chi connectivity index (χ4n) is 2.58. The first-order chi connectivity index (χ1) is 8.24. The van der Waals surface area contributed by atoms with Crippen LogP contribution < -0.4 is 5.73 Å². The second kappa shape index (κ2) is 7.67. The third-order valence-electron chi connectivity index (χ3n) is 3.64. The Morgan fingerprint density at radius 2 is 2.24 bits per heavy atom. The fraction of sp³-hybridized carbons (Fsp3) is 0.923. The Morgan fingerprint density at radius 3 is 2.82 bits per heavy atom. The summed E-state index contributed by atoms with van der Waals surface area (Å²) in [5.74, 6) is 0.0856. The Balaban J connectivity index is 2.68. The number of aliphatic hydroxyl groups is 1. The molecular weight excluding hydrogens is 216 g/mol. The Labute approximate surface area is 104 Å². The van der Waals surface area contributed by atoms with Crippen molar-refractivity contribution in [2.75, 3.05) is 19.7 Å². The molecule has 1 heterocycles. The largest absolute Gasteiger partial charge is 0.394 e. The third kappa shape index (κ3) is 3.96. The molecule has 1 aliphatic heterocycles. The van der Waals surface area contributed by atoms with Gasteiger partial charge in [0.2, 0.25) is 5.91 Å². The van der Waals surface area contributed by atoms with Gasteiger partial charge in [-0.3, -0.25) is 4.79 Å². The van der Waals surface area contributed by atoms with Crippen molar-refractivity contribution < 1.29 is 9.90 Å². The van der Waals surface area contributed by atoms with Crippen LogP contribution in [0.4, 0.5) is 0 Å². The Kier molecular flexibility index (Phi) is 6.52. The lowest BCUT2D eigenvalue weighted by Gasteiger charge is -2.31. The maximum absolute atomic E-state index is 12.4. The van der Waals surface area contributed by atoms with Crippen LogP contribution in [0.15, 0.2) is 0 Å². The number of nitrogens with zero attached hydrogens (tertiary/aromatic N) is 1. The molecule has 1 fully saturated rings. The van der Waals surface area contributed by atoms with Gasteiger partial charge in [-0.05, 0) is 19.3 Å². The van der Waals surface area contributed by atoms with Gasteiger partial charge in [-0.1, -0.05) is 26.2 Å². The molecule has 0 radical (unpaired) electrons. The predicted octanol–water partition coefficient (Wildman–Crippen LogP) is 1.12. The quantitative estimate of drug-likeness (QED) is 0.759. The average Bonchev–Trinajstić information content (AvgIpc) is 2.59. The number of carbonyl (C=O) groups is 1. The van der Waals surface area contributed by atoms with Crippen molar-refractivity contribution in [1.29, 1.82) is 0 Å². The number of hydrogen-bond donors (Lipinski definition) is 2. The molecule has 0 aromatic carbocycles. The average molecular weight is 242 g/mol. The molecule has 2 atom stereocenters. The summed E-state index contributed by atoms with van der Waals surface area (Å²) in [6, 6.07) is 0.0101. The molecule has 0 saturated carbocycles. The molecule has 4 nitrogen and oxygen atoms in total. The zero-order valence-corrected chi connectivity index (χ0v) is 10.9. The summed E-state index contributed by atoms with van der Waals surface area (Å²) in [4.78, 5) is 14.3. The minimum absolute atomic E-state index is 0.0101. The third-order valence-corrected chi connectivity index (χ3v) is 3.64. The Hall–Kier alpha value is -0.610. The summed E-state index contributed by atoms with van der Waals surface area (Å²) < 4.78 is 0. The first-order valence-corrected chi connectivity index (χ1v) is 6.86. The normalized spacial score (nSPS) is 23.2. The molecule has 0 spiro atoms. The van der Waals surface area contributed by atoms with Crippen LogP contribution in [0.3, 0.4) is 0 Å². The highest BCUT2D eigenvalue weighted by molar-refractivity contribution is 5.79. The number of rotatable bonds is 5. The summed E-state index contributed by atoms with van der Waals surface area (Å²) >= 11 is 0. The van der Waals surface area contributed by atoms with Gasteiger partial charge in [0, 0.05) is 13.1 Å². The van der Waals surface area contributed by atoms with Crippen LogP contribution in [0, 0.1) is 5.92 Å². The first kappa shape index (κ1) is 14.5. The van der Waals surface area contributed by atoms with E-state index in [4.69, 9.17) is 5.73 Å². The highest BCUT2D eigenvalue weighted by Crippen LogP contribution is 2.20. The molecule has 0 aromatic rings. The monoisotopic (exact) mass is 242 g/mol. The summed E-state index contributed by atoms with van der Waals surface area (Å²) in [6.07, 6.45) is 6.06. The Bertz CT molecular complexity index is 233. The van der Waals surface area contributed by atoms with E-state index in [2.05, 4.69) is 6.92 Å². The summed E-state index contributed by atoms with van der Waals surface area (Å²) in [5.41, 5.74) is 5.68. The first-order valence-electron chi connectivity index (χ1n) is 6.86. The number of amides is 1. The van der Waals surface area contributed by atoms with Crippen LogP contribution in [0.25, 0.3) is 0 Å². The van der Waals surface area contributed by atoms with E-state index in [0.717, 1.165) is 45.1 Å². The van der Waals surface area contributed by atoms with Crippen molar-refractivity contribution in [2.45, 2.75) is 51.5 Å². The minimum Gasteiger partial charge on any atom is -0.394 e. The van der Waals surface area contributed by atoms with Crippen molar-refractivity contribution in [3.8, 4) is 0 Å². The number of hydrogen-bond acceptors (Lipinski definition) is 3. The van der Waals surface area contributed by atoms with Gasteiger partial charge in [0.25, 0.3) is 0 Å². The van der Waals surface area contributed by atoms with E-state index in [1.807, 2.05) is 4.90 Å². The van der Waals surface area contributed by atoms with E-state index in [-0.39, 0.29) is 24.5 Å². The van der Waals surface area contributed by atoms with E-state index in [1.165, 1.54) is 0 Å². The molecule has 1 amide bonds. The lowest BCUT2D eigenvalue weighted by molar-refractivity contribution is -0.138. The van der Waals surface area contributed by atoms with E-state index in [1.54, 1.807) is 0 Å².